The van der Waals surface area contributed by atoms with Crippen LogP contribution in [0.25, 0.3) is 0 Å². The molecule has 0 amide bonds. The Morgan fingerprint density at radius 1 is 1.57 bits per heavy atom. The number of alkyl halides is 1. The molecule has 0 bridgehead atoms. The van der Waals surface area contributed by atoms with E-state index in [9.17, 15) is 9.18 Å². The van der Waals surface area contributed by atoms with E-state index in [1.165, 1.54) is 6.07 Å². The highest BCUT2D eigenvalue weighted by atomic mass is 35.5. The molecule has 0 aromatic heterocycles. The summed E-state index contributed by atoms with van der Waals surface area (Å²) in [6.07, 6.45) is 0.312. The number of hydrogen-bond donors (Lipinski definition) is 0. The molecule has 14 heavy (non-hydrogen) atoms. The quantitative estimate of drug-likeness (QED) is 0.723. The second-order valence-electron chi connectivity index (χ2n) is 2.64. The first kappa shape index (κ1) is 11.0. The van der Waals surface area contributed by atoms with E-state index in [2.05, 4.69) is 4.74 Å². The van der Waals surface area contributed by atoms with Gasteiger partial charge in [-0.25, -0.2) is 4.39 Å². The molecule has 0 saturated carbocycles. The molecule has 1 aromatic carbocycles. The predicted octanol–water partition coefficient (Wildman–Crippen LogP) is 3.24. The number of hydrogen-bond acceptors (Lipinski definition) is 2. The molecule has 1 rings (SSSR count). The van der Waals surface area contributed by atoms with Gasteiger partial charge in [-0.2, -0.15) is 0 Å². The van der Waals surface area contributed by atoms with Crippen molar-refractivity contribution in [3.8, 4) is 5.75 Å². The normalized spacial score (nSPS) is 9.93. The average molecular weight is 217 g/mol. The fourth-order valence-corrected chi connectivity index (χ4v) is 1.40. The largest absolute Gasteiger partial charge is 0.462 e. The molecule has 0 unspecified atom stereocenters. The minimum absolute atomic E-state index is 0.154. The Morgan fingerprint density at radius 3 is 2.86 bits per heavy atom. The van der Waals surface area contributed by atoms with Crippen LogP contribution in [0.5, 0.6) is 5.75 Å². The first-order valence-corrected chi connectivity index (χ1v) is 4.59. The number of ketones is 1. The number of Topliss-reactive ketones (excluding diaryl/α,β-unsaturated/α-hetero) is 1. The van der Waals surface area contributed by atoms with Gasteiger partial charge in [0.2, 0.25) is 6.86 Å². The number of carbonyl (C=O) groups excluding carboxylic acids is 1. The number of benzene rings is 1. The molecule has 0 radical (unpaired) electrons. The van der Waals surface area contributed by atoms with Gasteiger partial charge < -0.3 is 4.74 Å². The van der Waals surface area contributed by atoms with E-state index in [0.29, 0.717) is 11.4 Å². The highest BCUT2D eigenvalue weighted by Gasteiger charge is 2.14. The highest BCUT2D eigenvalue weighted by Crippen LogP contribution is 2.27. The van der Waals surface area contributed by atoms with E-state index in [4.69, 9.17) is 11.6 Å². The summed E-state index contributed by atoms with van der Waals surface area (Å²) in [6.45, 7) is 0.745. The molecule has 0 N–H and O–H groups in total. The number of carbonyl (C=O) groups is 1. The lowest BCUT2D eigenvalue weighted by Gasteiger charge is -2.08. The molecule has 1 aromatic rings. The zero-order valence-electron chi connectivity index (χ0n) is 7.72. The molecule has 0 saturated heterocycles. The Balaban J connectivity index is 3.15. The fraction of sp³-hybridized carbons (Fsp3) is 0.300. The van der Waals surface area contributed by atoms with Crippen LogP contribution >= 0.6 is 11.6 Å². The van der Waals surface area contributed by atoms with Crippen molar-refractivity contribution in [2.75, 3.05) is 6.86 Å². The molecule has 0 atom stereocenters. The van der Waals surface area contributed by atoms with Crippen molar-refractivity contribution >= 4 is 17.4 Å². The summed E-state index contributed by atoms with van der Waals surface area (Å²) >= 11 is 5.82. The summed E-state index contributed by atoms with van der Waals surface area (Å²) < 4.78 is 16.7. The lowest BCUT2D eigenvalue weighted by Crippen LogP contribution is -2.03. The number of rotatable bonds is 4. The average Bonchev–Trinajstić information content (AvgIpc) is 2.18. The Hall–Kier alpha value is -1.09. The maximum Gasteiger partial charge on any atom is 0.228 e. The van der Waals surface area contributed by atoms with Crippen molar-refractivity contribution in [2.24, 2.45) is 0 Å². The molecule has 0 aliphatic rings. The van der Waals surface area contributed by atoms with E-state index in [0.717, 1.165) is 0 Å². The summed E-state index contributed by atoms with van der Waals surface area (Å²) in [5.41, 5.74) is 0.259. The van der Waals surface area contributed by atoms with Crippen molar-refractivity contribution in [3.05, 3.63) is 28.8 Å². The topological polar surface area (TPSA) is 26.3 Å². The summed E-state index contributed by atoms with van der Waals surface area (Å²) in [4.78, 5) is 11.4. The maximum absolute atomic E-state index is 12.0. The van der Waals surface area contributed by atoms with Crippen molar-refractivity contribution in [2.45, 2.75) is 13.3 Å². The molecule has 0 aliphatic carbocycles. The Kier molecular flexibility index (Phi) is 3.89. The maximum atomic E-state index is 12.0. The monoisotopic (exact) mass is 216 g/mol. The van der Waals surface area contributed by atoms with Crippen LogP contribution in [0.4, 0.5) is 4.39 Å². The first-order chi connectivity index (χ1) is 6.70. The van der Waals surface area contributed by atoms with Gasteiger partial charge in [-0.1, -0.05) is 24.6 Å². The van der Waals surface area contributed by atoms with Crippen LogP contribution in [0.3, 0.4) is 0 Å². The number of ether oxygens (including phenoxy) is 1. The second kappa shape index (κ2) is 4.96. The SMILES string of the molecule is CCC(=O)c1c(Cl)cccc1OCF. The second-order valence-corrected chi connectivity index (χ2v) is 3.05. The molecule has 0 spiro atoms. The van der Waals surface area contributed by atoms with E-state index in [1.807, 2.05) is 0 Å². The Morgan fingerprint density at radius 2 is 2.29 bits per heavy atom. The van der Waals surface area contributed by atoms with Crippen LogP contribution < -0.4 is 4.74 Å². The minimum Gasteiger partial charge on any atom is -0.462 e. The summed E-state index contributed by atoms with van der Waals surface area (Å²) in [6, 6.07) is 4.71. The van der Waals surface area contributed by atoms with Gasteiger partial charge in [0.05, 0.1) is 10.6 Å². The fourth-order valence-electron chi connectivity index (χ4n) is 1.13. The van der Waals surface area contributed by atoms with Gasteiger partial charge in [0, 0.05) is 6.42 Å². The standard InChI is InChI=1S/C10H10ClFO2/c1-2-8(13)10-7(11)4-3-5-9(10)14-6-12/h3-5H,2,6H2,1H3. The molecule has 2 nitrogen and oxygen atoms in total. The van der Waals surface area contributed by atoms with Crippen molar-refractivity contribution in [1.29, 1.82) is 0 Å². The van der Waals surface area contributed by atoms with Crippen LogP contribution in [-0.4, -0.2) is 12.6 Å². The van der Waals surface area contributed by atoms with E-state index in [-0.39, 0.29) is 17.1 Å². The van der Waals surface area contributed by atoms with Crippen LogP contribution in [0.15, 0.2) is 18.2 Å². The summed E-state index contributed by atoms with van der Waals surface area (Å²) in [5, 5.41) is 0.294. The Labute approximate surface area is 86.6 Å². The van der Waals surface area contributed by atoms with Crippen molar-refractivity contribution < 1.29 is 13.9 Å². The zero-order valence-corrected chi connectivity index (χ0v) is 8.47. The first-order valence-electron chi connectivity index (χ1n) is 4.21. The summed E-state index contributed by atoms with van der Waals surface area (Å²) in [5.74, 6) is 0.0471. The van der Waals surface area contributed by atoms with E-state index >= 15 is 0 Å². The van der Waals surface area contributed by atoms with Gasteiger partial charge in [-0.15, -0.1) is 0 Å². The molecule has 4 heteroatoms. The molecular formula is C10H10ClFO2. The van der Waals surface area contributed by atoms with Crippen LogP contribution in [0.1, 0.15) is 23.7 Å². The van der Waals surface area contributed by atoms with Gasteiger partial charge in [-0.05, 0) is 12.1 Å². The van der Waals surface area contributed by atoms with Gasteiger partial charge in [0.25, 0.3) is 0 Å². The van der Waals surface area contributed by atoms with Crippen molar-refractivity contribution in [3.63, 3.8) is 0 Å². The Bertz CT molecular complexity index is 339. The molecule has 0 aliphatic heterocycles. The lowest BCUT2D eigenvalue weighted by atomic mass is 10.1. The zero-order chi connectivity index (χ0) is 10.6. The van der Waals surface area contributed by atoms with E-state index in [1.54, 1.807) is 19.1 Å². The molecule has 0 fully saturated rings. The van der Waals surface area contributed by atoms with E-state index < -0.39 is 6.86 Å². The molecule has 76 valence electrons. The van der Waals surface area contributed by atoms with Gasteiger partial charge in [0.15, 0.2) is 5.78 Å². The third kappa shape index (κ3) is 2.23. The lowest BCUT2D eigenvalue weighted by molar-refractivity contribution is 0.0981. The molecule has 0 heterocycles. The smallest absolute Gasteiger partial charge is 0.228 e. The highest BCUT2D eigenvalue weighted by molar-refractivity contribution is 6.34. The molecular weight excluding hydrogens is 207 g/mol. The number of halogens is 2. The van der Waals surface area contributed by atoms with Crippen molar-refractivity contribution in [1.82, 2.24) is 0 Å². The van der Waals surface area contributed by atoms with Crippen LogP contribution in [0, 0.1) is 0 Å². The van der Waals surface area contributed by atoms with Gasteiger partial charge in [-0.3, -0.25) is 4.79 Å². The third-order valence-electron chi connectivity index (χ3n) is 1.79. The van der Waals surface area contributed by atoms with Gasteiger partial charge >= 0.3 is 0 Å². The van der Waals surface area contributed by atoms with Gasteiger partial charge in [0.1, 0.15) is 5.75 Å². The van der Waals surface area contributed by atoms with Crippen LogP contribution in [0.2, 0.25) is 5.02 Å². The van der Waals surface area contributed by atoms with Crippen LogP contribution in [-0.2, 0) is 0 Å². The predicted molar refractivity (Wildman–Crippen MR) is 52.7 cm³/mol. The minimum atomic E-state index is -0.968. The summed E-state index contributed by atoms with van der Waals surface area (Å²) in [7, 11) is 0. The third-order valence-corrected chi connectivity index (χ3v) is 2.10.